The maximum absolute atomic E-state index is 12.1. The largest absolute Gasteiger partial charge is 0.465 e. The summed E-state index contributed by atoms with van der Waals surface area (Å²) in [6.45, 7) is 4.28. The fourth-order valence-electron chi connectivity index (χ4n) is 4.23. The zero-order valence-corrected chi connectivity index (χ0v) is 14.3. The fourth-order valence-corrected chi connectivity index (χ4v) is 4.23. The molecule has 1 aromatic carbocycles. The number of hydrogen-bond acceptors (Lipinski definition) is 5. The molecule has 2 bridgehead atoms. The molecule has 0 spiro atoms. The minimum Gasteiger partial charge on any atom is -0.465 e. The SMILES string of the molecule is COC(=O)c1cccc2c1c(CNC1CN3CCC1CC3)nn2C. The van der Waals surface area contributed by atoms with E-state index in [4.69, 9.17) is 4.74 Å². The number of aryl methyl sites for hydroxylation is 1. The second kappa shape index (κ2) is 6.18. The molecule has 1 atom stereocenters. The standard InChI is InChI=1S/C18H24N4O2/c1-21-16-5-3-4-13(18(23)24-2)17(16)14(20-21)10-19-15-11-22-8-6-12(15)7-9-22/h3-5,12,15,19H,6-11H2,1-2H3. The third kappa shape index (κ3) is 2.59. The van der Waals surface area contributed by atoms with Crippen molar-refractivity contribution in [2.45, 2.75) is 25.4 Å². The summed E-state index contributed by atoms with van der Waals surface area (Å²) < 4.78 is 6.78. The number of nitrogens with zero attached hydrogens (tertiary/aromatic N) is 3. The van der Waals surface area contributed by atoms with Gasteiger partial charge in [0.1, 0.15) is 0 Å². The smallest absolute Gasteiger partial charge is 0.338 e. The highest BCUT2D eigenvalue weighted by atomic mass is 16.5. The number of rotatable bonds is 4. The number of fused-ring (bicyclic) bond motifs is 4. The van der Waals surface area contributed by atoms with Crippen LogP contribution in [0.25, 0.3) is 10.9 Å². The molecule has 4 heterocycles. The minimum absolute atomic E-state index is 0.308. The lowest BCUT2D eigenvalue weighted by Gasteiger charge is -2.45. The number of benzene rings is 1. The molecular formula is C18H24N4O2. The molecule has 3 aliphatic heterocycles. The summed E-state index contributed by atoms with van der Waals surface area (Å²) in [7, 11) is 3.34. The number of esters is 1. The van der Waals surface area contributed by atoms with Crippen LogP contribution in [0.2, 0.25) is 0 Å². The maximum Gasteiger partial charge on any atom is 0.338 e. The van der Waals surface area contributed by atoms with Gasteiger partial charge in [-0.05, 0) is 44.0 Å². The Morgan fingerprint density at radius 2 is 2.17 bits per heavy atom. The quantitative estimate of drug-likeness (QED) is 0.863. The summed E-state index contributed by atoms with van der Waals surface area (Å²) in [4.78, 5) is 14.6. The van der Waals surface area contributed by atoms with Crippen LogP contribution in [-0.4, -0.2) is 53.4 Å². The maximum atomic E-state index is 12.1. The van der Waals surface area contributed by atoms with Crippen molar-refractivity contribution < 1.29 is 9.53 Å². The van der Waals surface area contributed by atoms with Gasteiger partial charge in [0.2, 0.25) is 0 Å². The zero-order chi connectivity index (χ0) is 16.7. The molecule has 6 heteroatoms. The van der Waals surface area contributed by atoms with Gasteiger partial charge >= 0.3 is 5.97 Å². The van der Waals surface area contributed by atoms with Crippen molar-refractivity contribution in [3.63, 3.8) is 0 Å². The molecule has 0 radical (unpaired) electrons. The molecule has 0 saturated carbocycles. The Hall–Kier alpha value is -1.92. The molecule has 1 aromatic heterocycles. The van der Waals surface area contributed by atoms with Crippen LogP contribution in [-0.2, 0) is 18.3 Å². The lowest BCUT2D eigenvalue weighted by atomic mass is 9.84. The number of aromatic nitrogens is 2. The first-order valence-electron chi connectivity index (χ1n) is 8.66. The molecule has 6 nitrogen and oxygen atoms in total. The molecule has 24 heavy (non-hydrogen) atoms. The first-order chi connectivity index (χ1) is 11.7. The first kappa shape index (κ1) is 15.6. The molecule has 0 aliphatic carbocycles. The number of carbonyl (C=O) groups is 1. The predicted molar refractivity (Wildman–Crippen MR) is 91.8 cm³/mol. The number of ether oxygens (including phenoxy) is 1. The number of nitrogens with one attached hydrogen (secondary N) is 1. The van der Waals surface area contributed by atoms with Crippen molar-refractivity contribution in [2.75, 3.05) is 26.7 Å². The van der Waals surface area contributed by atoms with Gasteiger partial charge < -0.3 is 15.0 Å². The Balaban J connectivity index is 1.61. The molecule has 1 N–H and O–H groups in total. The highest BCUT2D eigenvalue weighted by molar-refractivity contribution is 6.04. The first-order valence-corrected chi connectivity index (χ1v) is 8.66. The van der Waals surface area contributed by atoms with Crippen molar-refractivity contribution in [1.82, 2.24) is 20.0 Å². The Morgan fingerprint density at radius 3 is 2.83 bits per heavy atom. The van der Waals surface area contributed by atoms with Crippen molar-refractivity contribution in [2.24, 2.45) is 13.0 Å². The minimum atomic E-state index is -0.308. The average molecular weight is 328 g/mol. The summed E-state index contributed by atoms with van der Waals surface area (Å²) in [5.74, 6) is 0.461. The number of piperidine rings is 3. The van der Waals surface area contributed by atoms with Crippen LogP contribution in [0.3, 0.4) is 0 Å². The van der Waals surface area contributed by atoms with Gasteiger partial charge in [-0.3, -0.25) is 4.68 Å². The molecule has 3 aliphatic rings. The molecule has 5 rings (SSSR count). The highest BCUT2D eigenvalue weighted by Gasteiger charge is 2.33. The topological polar surface area (TPSA) is 59.4 Å². The third-order valence-corrected chi connectivity index (χ3v) is 5.54. The van der Waals surface area contributed by atoms with Crippen molar-refractivity contribution in [3.8, 4) is 0 Å². The van der Waals surface area contributed by atoms with Gasteiger partial charge in [0.25, 0.3) is 0 Å². The van der Waals surface area contributed by atoms with Crippen LogP contribution in [0, 0.1) is 5.92 Å². The van der Waals surface area contributed by atoms with E-state index in [2.05, 4.69) is 15.3 Å². The summed E-state index contributed by atoms with van der Waals surface area (Å²) in [6, 6.07) is 6.20. The number of carbonyl (C=O) groups excluding carboxylic acids is 1. The van der Waals surface area contributed by atoms with E-state index in [1.54, 1.807) is 0 Å². The van der Waals surface area contributed by atoms with E-state index in [0.717, 1.165) is 29.1 Å². The van der Waals surface area contributed by atoms with Crippen LogP contribution in [0.15, 0.2) is 18.2 Å². The fraction of sp³-hybridized carbons (Fsp3) is 0.556. The van der Waals surface area contributed by atoms with E-state index in [1.165, 1.54) is 33.0 Å². The van der Waals surface area contributed by atoms with E-state index >= 15 is 0 Å². The molecule has 0 amide bonds. The Morgan fingerprint density at radius 1 is 1.38 bits per heavy atom. The predicted octanol–water partition coefficient (Wildman–Crippen LogP) is 1.54. The summed E-state index contributed by atoms with van der Waals surface area (Å²) in [5, 5.41) is 9.24. The van der Waals surface area contributed by atoms with Crippen LogP contribution >= 0.6 is 0 Å². The average Bonchev–Trinajstić information content (AvgIpc) is 2.96. The Kier molecular flexibility index (Phi) is 4.02. The van der Waals surface area contributed by atoms with Gasteiger partial charge in [-0.1, -0.05) is 6.07 Å². The third-order valence-electron chi connectivity index (χ3n) is 5.54. The summed E-state index contributed by atoms with van der Waals surface area (Å²) >= 11 is 0. The highest BCUT2D eigenvalue weighted by Crippen LogP contribution is 2.28. The lowest BCUT2D eigenvalue weighted by molar-refractivity contribution is 0.0603. The normalized spacial score (nSPS) is 26.0. The van der Waals surface area contributed by atoms with Gasteiger partial charge in [0.15, 0.2) is 0 Å². The van der Waals surface area contributed by atoms with Crippen molar-refractivity contribution in [3.05, 3.63) is 29.5 Å². The van der Waals surface area contributed by atoms with Crippen molar-refractivity contribution in [1.29, 1.82) is 0 Å². The second-order valence-corrected chi connectivity index (χ2v) is 6.89. The second-order valence-electron chi connectivity index (χ2n) is 6.89. The van der Waals surface area contributed by atoms with Gasteiger partial charge in [-0.15, -0.1) is 0 Å². The van der Waals surface area contributed by atoms with Gasteiger partial charge in [-0.25, -0.2) is 4.79 Å². The Bertz CT molecular complexity index is 762. The van der Waals surface area contributed by atoms with Crippen LogP contribution < -0.4 is 5.32 Å². The number of methoxy groups -OCH3 is 1. The molecule has 1 unspecified atom stereocenters. The van der Waals surface area contributed by atoms with Crippen molar-refractivity contribution >= 4 is 16.9 Å². The number of hydrogen-bond donors (Lipinski definition) is 1. The molecule has 2 aromatic rings. The van der Waals surface area contributed by atoms with E-state index in [1.807, 2.05) is 29.9 Å². The van der Waals surface area contributed by atoms with E-state index < -0.39 is 0 Å². The van der Waals surface area contributed by atoms with E-state index in [0.29, 0.717) is 18.2 Å². The zero-order valence-electron chi connectivity index (χ0n) is 14.3. The molecule has 128 valence electrons. The Labute approximate surface area is 141 Å². The van der Waals surface area contributed by atoms with Crippen LogP contribution in [0.4, 0.5) is 0 Å². The van der Waals surface area contributed by atoms with Crippen LogP contribution in [0.5, 0.6) is 0 Å². The summed E-state index contributed by atoms with van der Waals surface area (Å²) in [6.07, 6.45) is 2.57. The van der Waals surface area contributed by atoms with E-state index in [-0.39, 0.29) is 5.97 Å². The molecule has 3 fully saturated rings. The monoisotopic (exact) mass is 328 g/mol. The van der Waals surface area contributed by atoms with Crippen LogP contribution in [0.1, 0.15) is 28.9 Å². The van der Waals surface area contributed by atoms with E-state index in [9.17, 15) is 4.79 Å². The van der Waals surface area contributed by atoms with Gasteiger partial charge in [0, 0.05) is 31.6 Å². The van der Waals surface area contributed by atoms with Gasteiger partial charge in [0.05, 0.1) is 23.9 Å². The molecular weight excluding hydrogens is 304 g/mol. The lowest BCUT2D eigenvalue weighted by Crippen LogP contribution is -2.55. The van der Waals surface area contributed by atoms with Gasteiger partial charge in [-0.2, -0.15) is 5.10 Å². The summed E-state index contributed by atoms with van der Waals surface area (Å²) in [5.41, 5.74) is 2.47. The molecule has 3 saturated heterocycles.